The molecular weight excluding hydrogens is 500 g/mol. The Kier molecular flexibility index (Phi) is 4.61. The highest BCUT2D eigenvalue weighted by molar-refractivity contribution is 6.24. The first kappa shape index (κ1) is 22.3. The van der Waals surface area contributed by atoms with Gasteiger partial charge >= 0.3 is 0 Å². The number of fused-ring (bicyclic) bond motifs is 10. The Morgan fingerprint density at radius 1 is 0.390 bits per heavy atom. The Labute approximate surface area is 235 Å². The second-order valence-corrected chi connectivity index (χ2v) is 10.5. The molecule has 3 heterocycles. The van der Waals surface area contributed by atoms with Gasteiger partial charge in [-0.2, -0.15) is 0 Å². The van der Waals surface area contributed by atoms with E-state index in [0.717, 1.165) is 77.0 Å². The summed E-state index contributed by atoms with van der Waals surface area (Å²) in [4.78, 5) is 10.6. The van der Waals surface area contributed by atoms with Crippen LogP contribution in [0.3, 0.4) is 0 Å². The maximum Gasteiger partial charge on any atom is 0.137 e. The van der Waals surface area contributed by atoms with Crippen LogP contribution in [0.2, 0.25) is 0 Å². The topological polar surface area (TPSA) is 38.9 Å². The van der Waals surface area contributed by atoms with Crippen LogP contribution in [-0.4, -0.2) is 9.97 Å². The third-order valence-corrected chi connectivity index (χ3v) is 8.23. The van der Waals surface area contributed by atoms with Crippen LogP contribution < -0.4 is 0 Å². The van der Waals surface area contributed by atoms with Gasteiger partial charge < -0.3 is 4.42 Å². The van der Waals surface area contributed by atoms with Gasteiger partial charge in [0.15, 0.2) is 0 Å². The molecule has 0 unspecified atom stereocenters. The van der Waals surface area contributed by atoms with E-state index in [4.69, 9.17) is 14.4 Å². The minimum atomic E-state index is 0.856. The highest BCUT2D eigenvalue weighted by Crippen LogP contribution is 2.40. The second kappa shape index (κ2) is 8.48. The molecule has 0 N–H and O–H groups in total. The van der Waals surface area contributed by atoms with Crippen LogP contribution in [0.25, 0.3) is 87.8 Å². The number of aromatic nitrogens is 2. The van der Waals surface area contributed by atoms with Gasteiger partial charge in [0, 0.05) is 38.1 Å². The number of hydrogen-bond acceptors (Lipinski definition) is 3. The number of para-hydroxylation sites is 1. The van der Waals surface area contributed by atoms with Gasteiger partial charge in [0.2, 0.25) is 0 Å². The second-order valence-electron chi connectivity index (χ2n) is 10.5. The van der Waals surface area contributed by atoms with Crippen molar-refractivity contribution >= 4 is 65.3 Å². The summed E-state index contributed by atoms with van der Waals surface area (Å²) in [6.07, 6.45) is 0. The summed E-state index contributed by atoms with van der Waals surface area (Å²) in [5, 5.41) is 9.04. The molecule has 9 aromatic rings. The van der Waals surface area contributed by atoms with Gasteiger partial charge in [0.05, 0.1) is 27.8 Å². The molecule has 3 nitrogen and oxygen atoms in total. The van der Waals surface area contributed by atoms with E-state index in [1.54, 1.807) is 0 Å². The fourth-order valence-corrected chi connectivity index (χ4v) is 6.37. The van der Waals surface area contributed by atoms with Crippen molar-refractivity contribution in [3.8, 4) is 22.5 Å². The first-order chi connectivity index (χ1) is 20.3. The largest absolute Gasteiger partial charge is 0.456 e. The molecule has 6 aromatic carbocycles. The van der Waals surface area contributed by atoms with Crippen molar-refractivity contribution in [3.05, 3.63) is 133 Å². The van der Waals surface area contributed by atoms with Crippen LogP contribution in [-0.2, 0) is 0 Å². The van der Waals surface area contributed by atoms with E-state index in [1.165, 1.54) is 10.8 Å². The van der Waals surface area contributed by atoms with E-state index in [-0.39, 0.29) is 0 Å². The zero-order valence-corrected chi connectivity index (χ0v) is 22.0. The number of rotatable bonds is 2. The van der Waals surface area contributed by atoms with Gasteiger partial charge in [-0.15, -0.1) is 0 Å². The lowest BCUT2D eigenvalue weighted by atomic mass is 9.95. The van der Waals surface area contributed by atoms with E-state index in [0.29, 0.717) is 0 Å². The van der Waals surface area contributed by atoms with Crippen LogP contribution in [0.5, 0.6) is 0 Å². The standard InChI is InChI=1S/C38H22N2O/c1-2-10-23(11-3-1)36-28-15-7-5-13-26(28)31-22-24(18-20-32(31)39-36)37-27-14-6-4-12-25(27)29-19-21-34-35(38(29)40-37)30-16-8-9-17-33(30)41-34/h1-22H. The van der Waals surface area contributed by atoms with Crippen molar-refractivity contribution < 1.29 is 4.42 Å². The van der Waals surface area contributed by atoms with Crippen LogP contribution in [0.1, 0.15) is 0 Å². The summed E-state index contributed by atoms with van der Waals surface area (Å²) in [5.41, 5.74) is 7.82. The maximum atomic E-state index is 6.22. The third kappa shape index (κ3) is 3.26. The molecule has 3 heteroatoms. The molecule has 0 aliphatic carbocycles. The Morgan fingerprint density at radius 3 is 1.80 bits per heavy atom. The zero-order valence-electron chi connectivity index (χ0n) is 22.0. The summed E-state index contributed by atoms with van der Waals surface area (Å²) in [6.45, 7) is 0. The molecule has 0 spiro atoms. The molecule has 0 aliphatic rings. The van der Waals surface area contributed by atoms with Crippen LogP contribution >= 0.6 is 0 Å². The monoisotopic (exact) mass is 522 g/mol. The number of pyridine rings is 2. The Hall–Kier alpha value is -5.54. The lowest BCUT2D eigenvalue weighted by Gasteiger charge is -2.13. The predicted molar refractivity (Wildman–Crippen MR) is 170 cm³/mol. The van der Waals surface area contributed by atoms with E-state index in [9.17, 15) is 0 Å². The molecule has 3 aromatic heterocycles. The molecule has 0 fully saturated rings. The van der Waals surface area contributed by atoms with E-state index >= 15 is 0 Å². The molecule has 0 aliphatic heterocycles. The molecule has 0 bridgehead atoms. The lowest BCUT2D eigenvalue weighted by Crippen LogP contribution is -1.93. The first-order valence-electron chi connectivity index (χ1n) is 13.8. The Morgan fingerprint density at radius 2 is 1.02 bits per heavy atom. The molecular formula is C38H22N2O. The smallest absolute Gasteiger partial charge is 0.137 e. The fraction of sp³-hybridized carbons (Fsp3) is 0. The highest BCUT2D eigenvalue weighted by atomic mass is 16.3. The Bertz CT molecular complexity index is 2470. The maximum absolute atomic E-state index is 6.22. The molecule has 0 radical (unpaired) electrons. The molecule has 0 saturated heterocycles. The van der Waals surface area contributed by atoms with Gasteiger partial charge in [-0.3, -0.25) is 0 Å². The van der Waals surface area contributed by atoms with Crippen molar-refractivity contribution in [1.29, 1.82) is 0 Å². The SMILES string of the molecule is c1ccc(-c2nc3ccc(-c4nc5c(ccc6oc7ccccc7c65)c5ccccc45)cc3c3ccccc23)cc1. The first-order valence-corrected chi connectivity index (χ1v) is 13.8. The third-order valence-electron chi connectivity index (χ3n) is 8.23. The highest BCUT2D eigenvalue weighted by Gasteiger charge is 2.17. The van der Waals surface area contributed by atoms with Crippen molar-refractivity contribution in [2.24, 2.45) is 0 Å². The minimum absolute atomic E-state index is 0.856. The fourth-order valence-electron chi connectivity index (χ4n) is 6.37. The summed E-state index contributed by atoms with van der Waals surface area (Å²) >= 11 is 0. The molecule has 0 saturated carbocycles. The van der Waals surface area contributed by atoms with Gasteiger partial charge in [-0.05, 0) is 41.1 Å². The molecule has 0 amide bonds. The predicted octanol–water partition coefficient (Wildman–Crippen LogP) is 10.3. The average Bonchev–Trinajstić information content (AvgIpc) is 3.43. The molecule has 41 heavy (non-hydrogen) atoms. The average molecular weight is 523 g/mol. The van der Waals surface area contributed by atoms with Gasteiger partial charge in [-0.1, -0.05) is 103 Å². The van der Waals surface area contributed by atoms with Crippen LogP contribution in [0.4, 0.5) is 0 Å². The number of benzene rings is 6. The quantitative estimate of drug-likeness (QED) is 0.212. The minimum Gasteiger partial charge on any atom is -0.456 e. The van der Waals surface area contributed by atoms with Crippen molar-refractivity contribution in [1.82, 2.24) is 9.97 Å². The molecule has 0 atom stereocenters. The van der Waals surface area contributed by atoms with Crippen molar-refractivity contribution in [3.63, 3.8) is 0 Å². The summed E-state index contributed by atoms with van der Waals surface area (Å²) < 4.78 is 6.22. The Balaban J connectivity index is 1.37. The molecule has 190 valence electrons. The number of hydrogen-bond donors (Lipinski definition) is 0. The lowest BCUT2D eigenvalue weighted by molar-refractivity contribution is 0.669. The van der Waals surface area contributed by atoms with Gasteiger partial charge in [0.1, 0.15) is 11.2 Å². The van der Waals surface area contributed by atoms with E-state index < -0.39 is 0 Å². The number of nitrogens with zero attached hydrogens (tertiary/aromatic N) is 2. The normalized spacial score (nSPS) is 11.9. The summed E-state index contributed by atoms with van der Waals surface area (Å²) in [5.74, 6) is 0. The summed E-state index contributed by atoms with van der Waals surface area (Å²) in [6, 6.07) is 46.5. The molecule has 9 rings (SSSR count). The van der Waals surface area contributed by atoms with Crippen LogP contribution in [0, 0.1) is 0 Å². The summed E-state index contributed by atoms with van der Waals surface area (Å²) in [7, 11) is 0. The van der Waals surface area contributed by atoms with Gasteiger partial charge in [-0.25, -0.2) is 9.97 Å². The van der Waals surface area contributed by atoms with E-state index in [1.807, 2.05) is 18.2 Å². The van der Waals surface area contributed by atoms with Gasteiger partial charge in [0.25, 0.3) is 0 Å². The van der Waals surface area contributed by atoms with E-state index in [2.05, 4.69) is 115 Å². The number of furan rings is 1. The van der Waals surface area contributed by atoms with Crippen LogP contribution in [0.15, 0.2) is 138 Å². The van der Waals surface area contributed by atoms with Crippen molar-refractivity contribution in [2.75, 3.05) is 0 Å². The van der Waals surface area contributed by atoms with Crippen molar-refractivity contribution in [2.45, 2.75) is 0 Å². The zero-order chi connectivity index (χ0) is 26.9.